The number of hydrogen-bond acceptors (Lipinski definition) is 4. The van der Waals surface area contributed by atoms with Crippen molar-refractivity contribution in [2.75, 3.05) is 11.9 Å². The zero-order valence-corrected chi connectivity index (χ0v) is 10.9. The Bertz CT molecular complexity index is 392. The van der Waals surface area contributed by atoms with Crippen LogP contribution in [0.2, 0.25) is 0 Å². The van der Waals surface area contributed by atoms with Crippen LogP contribution in [0.1, 0.15) is 39.5 Å². The predicted octanol–water partition coefficient (Wildman–Crippen LogP) is 3.01. The highest BCUT2D eigenvalue weighted by Crippen LogP contribution is 2.27. The van der Waals surface area contributed by atoms with E-state index in [1.807, 2.05) is 6.92 Å². The second-order valence-electron chi connectivity index (χ2n) is 4.88. The number of rotatable bonds is 4. The van der Waals surface area contributed by atoms with Gasteiger partial charge in [0.2, 0.25) is 11.8 Å². The van der Waals surface area contributed by atoms with Crippen molar-refractivity contribution >= 4 is 5.95 Å². The largest absolute Gasteiger partial charge is 0.472 e. The summed E-state index contributed by atoms with van der Waals surface area (Å²) in [7, 11) is 0. The van der Waals surface area contributed by atoms with Crippen LogP contribution in [0, 0.1) is 11.7 Å². The van der Waals surface area contributed by atoms with Crippen LogP contribution in [0.15, 0.2) is 6.20 Å². The van der Waals surface area contributed by atoms with Gasteiger partial charge in [0.05, 0.1) is 6.20 Å². The van der Waals surface area contributed by atoms with Crippen molar-refractivity contribution in [1.82, 2.24) is 9.97 Å². The molecule has 1 heterocycles. The second-order valence-corrected chi connectivity index (χ2v) is 4.88. The van der Waals surface area contributed by atoms with E-state index in [4.69, 9.17) is 4.74 Å². The minimum atomic E-state index is -0.490. The molecule has 0 bridgehead atoms. The Morgan fingerprint density at radius 2 is 2.11 bits per heavy atom. The minimum Gasteiger partial charge on any atom is -0.472 e. The first-order chi connectivity index (χ1) is 8.69. The standard InChI is InChI=1S/C13H20FN3O/c1-3-15-13-16-8-11(14)12(17-13)18-10-6-4-9(2)5-7-10/h8-10H,3-7H2,1-2H3,(H,15,16,17). The number of nitrogens with zero attached hydrogens (tertiary/aromatic N) is 2. The molecule has 18 heavy (non-hydrogen) atoms. The van der Waals surface area contributed by atoms with Gasteiger partial charge in [0.15, 0.2) is 0 Å². The van der Waals surface area contributed by atoms with Gasteiger partial charge >= 0.3 is 0 Å². The van der Waals surface area contributed by atoms with Crippen molar-refractivity contribution in [2.24, 2.45) is 5.92 Å². The van der Waals surface area contributed by atoms with Gasteiger partial charge in [-0.15, -0.1) is 0 Å². The molecule has 1 aromatic rings. The van der Waals surface area contributed by atoms with E-state index >= 15 is 0 Å². The lowest BCUT2D eigenvalue weighted by Crippen LogP contribution is -2.24. The molecule has 2 rings (SSSR count). The summed E-state index contributed by atoms with van der Waals surface area (Å²) in [6, 6.07) is 0. The van der Waals surface area contributed by atoms with Gasteiger partial charge in [0, 0.05) is 6.54 Å². The van der Waals surface area contributed by atoms with Crippen molar-refractivity contribution in [3.8, 4) is 5.88 Å². The smallest absolute Gasteiger partial charge is 0.255 e. The zero-order valence-electron chi connectivity index (χ0n) is 10.9. The third kappa shape index (κ3) is 3.31. The SMILES string of the molecule is CCNc1ncc(F)c(OC2CCC(C)CC2)n1. The van der Waals surface area contributed by atoms with E-state index in [2.05, 4.69) is 22.2 Å². The minimum absolute atomic E-state index is 0.0699. The topological polar surface area (TPSA) is 47.0 Å². The van der Waals surface area contributed by atoms with Crippen LogP contribution >= 0.6 is 0 Å². The summed E-state index contributed by atoms with van der Waals surface area (Å²) in [5.74, 6) is 0.742. The van der Waals surface area contributed by atoms with E-state index in [1.54, 1.807) is 0 Å². The molecule has 1 saturated carbocycles. The summed E-state index contributed by atoms with van der Waals surface area (Å²) >= 11 is 0. The van der Waals surface area contributed by atoms with Gasteiger partial charge in [-0.3, -0.25) is 0 Å². The lowest BCUT2D eigenvalue weighted by atomic mass is 9.89. The molecule has 1 aromatic heterocycles. The fourth-order valence-electron chi connectivity index (χ4n) is 2.18. The van der Waals surface area contributed by atoms with Crippen LogP contribution in [0.4, 0.5) is 10.3 Å². The van der Waals surface area contributed by atoms with Gasteiger partial charge < -0.3 is 10.1 Å². The molecular formula is C13H20FN3O. The molecule has 1 N–H and O–H groups in total. The third-order valence-corrected chi connectivity index (χ3v) is 3.29. The summed E-state index contributed by atoms with van der Waals surface area (Å²) < 4.78 is 19.2. The van der Waals surface area contributed by atoms with Gasteiger partial charge in [0.25, 0.3) is 5.88 Å². The predicted molar refractivity (Wildman–Crippen MR) is 68.2 cm³/mol. The maximum Gasteiger partial charge on any atom is 0.255 e. The summed E-state index contributed by atoms with van der Waals surface area (Å²) in [5.41, 5.74) is 0. The summed E-state index contributed by atoms with van der Waals surface area (Å²) in [4.78, 5) is 7.91. The van der Waals surface area contributed by atoms with Crippen molar-refractivity contribution in [3.63, 3.8) is 0 Å². The first-order valence-corrected chi connectivity index (χ1v) is 6.62. The molecular weight excluding hydrogens is 233 g/mol. The average Bonchev–Trinajstić information content (AvgIpc) is 2.36. The van der Waals surface area contributed by atoms with Gasteiger partial charge in [-0.1, -0.05) is 6.92 Å². The molecule has 4 nitrogen and oxygen atoms in total. The molecule has 0 unspecified atom stereocenters. The average molecular weight is 253 g/mol. The lowest BCUT2D eigenvalue weighted by Gasteiger charge is -2.26. The lowest BCUT2D eigenvalue weighted by molar-refractivity contribution is 0.124. The second kappa shape index (κ2) is 5.98. The van der Waals surface area contributed by atoms with Crippen molar-refractivity contribution in [2.45, 2.75) is 45.6 Å². The van der Waals surface area contributed by atoms with Gasteiger partial charge in [-0.25, -0.2) is 4.98 Å². The number of ether oxygens (including phenoxy) is 1. The van der Waals surface area contributed by atoms with Crippen LogP contribution in [0.25, 0.3) is 0 Å². The molecule has 0 aliphatic heterocycles. The van der Waals surface area contributed by atoms with E-state index in [1.165, 1.54) is 0 Å². The molecule has 5 heteroatoms. The van der Waals surface area contributed by atoms with E-state index < -0.39 is 5.82 Å². The first-order valence-electron chi connectivity index (χ1n) is 6.62. The molecule has 1 fully saturated rings. The monoisotopic (exact) mass is 253 g/mol. The van der Waals surface area contributed by atoms with E-state index in [9.17, 15) is 4.39 Å². The number of halogens is 1. The molecule has 1 aliphatic rings. The van der Waals surface area contributed by atoms with Crippen LogP contribution in [0.3, 0.4) is 0 Å². The fourth-order valence-corrected chi connectivity index (χ4v) is 2.18. The number of hydrogen-bond donors (Lipinski definition) is 1. The summed E-state index contributed by atoms with van der Waals surface area (Å²) in [6.45, 7) is 4.88. The van der Waals surface area contributed by atoms with E-state index in [-0.39, 0.29) is 12.0 Å². The Morgan fingerprint density at radius 1 is 1.39 bits per heavy atom. The van der Waals surface area contributed by atoms with Crippen LogP contribution in [-0.2, 0) is 0 Å². The Labute approximate surface area is 107 Å². The van der Waals surface area contributed by atoms with Gasteiger partial charge in [-0.2, -0.15) is 9.37 Å². The normalized spacial score (nSPS) is 23.7. The fraction of sp³-hybridized carbons (Fsp3) is 0.692. The summed E-state index contributed by atoms with van der Waals surface area (Å²) in [6.07, 6.45) is 5.46. The maximum atomic E-state index is 13.6. The van der Waals surface area contributed by atoms with Crippen LogP contribution in [-0.4, -0.2) is 22.6 Å². The van der Waals surface area contributed by atoms with Gasteiger partial charge in [0.1, 0.15) is 6.10 Å². The Balaban J connectivity index is 2.01. The van der Waals surface area contributed by atoms with Crippen molar-refractivity contribution in [3.05, 3.63) is 12.0 Å². The highest BCUT2D eigenvalue weighted by Gasteiger charge is 2.21. The molecule has 0 saturated heterocycles. The summed E-state index contributed by atoms with van der Waals surface area (Å²) in [5, 5.41) is 2.95. The van der Waals surface area contributed by atoms with Gasteiger partial charge in [-0.05, 0) is 38.5 Å². The third-order valence-electron chi connectivity index (χ3n) is 3.29. The quantitative estimate of drug-likeness (QED) is 0.896. The highest BCUT2D eigenvalue weighted by molar-refractivity contribution is 5.28. The highest BCUT2D eigenvalue weighted by atomic mass is 19.1. The first kappa shape index (κ1) is 13.1. The molecule has 0 spiro atoms. The van der Waals surface area contributed by atoms with Crippen molar-refractivity contribution in [1.29, 1.82) is 0 Å². The zero-order chi connectivity index (χ0) is 13.0. The maximum absolute atomic E-state index is 13.6. The molecule has 0 atom stereocenters. The molecule has 0 radical (unpaired) electrons. The molecule has 1 aliphatic carbocycles. The Hall–Kier alpha value is -1.39. The van der Waals surface area contributed by atoms with E-state index in [0.717, 1.165) is 37.8 Å². The molecule has 100 valence electrons. The van der Waals surface area contributed by atoms with E-state index in [0.29, 0.717) is 12.5 Å². The molecule has 0 amide bonds. The van der Waals surface area contributed by atoms with Crippen LogP contribution < -0.4 is 10.1 Å². The Morgan fingerprint density at radius 3 is 2.78 bits per heavy atom. The number of aromatic nitrogens is 2. The Kier molecular flexibility index (Phi) is 4.33. The number of anilines is 1. The molecule has 0 aromatic carbocycles. The van der Waals surface area contributed by atoms with Crippen LogP contribution in [0.5, 0.6) is 5.88 Å². The van der Waals surface area contributed by atoms with Crippen molar-refractivity contribution < 1.29 is 9.13 Å². The number of nitrogens with one attached hydrogen (secondary N) is 1.